The van der Waals surface area contributed by atoms with Crippen molar-refractivity contribution in [3.05, 3.63) is 0 Å². The van der Waals surface area contributed by atoms with Crippen molar-refractivity contribution in [3.63, 3.8) is 0 Å². The highest BCUT2D eigenvalue weighted by Crippen LogP contribution is 2.31. The zero-order valence-corrected chi connectivity index (χ0v) is 12.7. The summed E-state index contributed by atoms with van der Waals surface area (Å²) in [6, 6.07) is 0.752. The summed E-state index contributed by atoms with van der Waals surface area (Å²) in [5.41, 5.74) is -0.384. The summed E-state index contributed by atoms with van der Waals surface area (Å²) in [5.74, 6) is 0. The second kappa shape index (κ2) is 6.08. The number of rotatable bonds is 8. The maximum atomic E-state index is 10.0. The molecule has 0 aromatic carbocycles. The predicted molar refractivity (Wildman–Crippen MR) is 77.3 cm³/mol. The molecule has 0 spiro atoms. The van der Waals surface area contributed by atoms with E-state index in [-0.39, 0.29) is 5.41 Å². The summed E-state index contributed by atoms with van der Waals surface area (Å²) in [7, 11) is 0. The Labute approximate surface area is 117 Å². The van der Waals surface area contributed by atoms with Crippen molar-refractivity contribution in [2.24, 2.45) is 5.41 Å². The van der Waals surface area contributed by atoms with Gasteiger partial charge in [-0.05, 0) is 39.7 Å². The van der Waals surface area contributed by atoms with Gasteiger partial charge in [0.2, 0.25) is 0 Å². The molecule has 1 saturated carbocycles. The first kappa shape index (κ1) is 15.2. The van der Waals surface area contributed by atoms with E-state index in [4.69, 9.17) is 4.74 Å². The van der Waals surface area contributed by atoms with Crippen LogP contribution in [0.2, 0.25) is 0 Å². The fraction of sp³-hybridized carbons (Fsp3) is 1.00. The van der Waals surface area contributed by atoms with Crippen LogP contribution in [-0.2, 0) is 4.74 Å². The van der Waals surface area contributed by atoms with Gasteiger partial charge in [0, 0.05) is 37.7 Å². The molecule has 2 N–H and O–H groups in total. The molecule has 0 aromatic heterocycles. The Morgan fingerprint density at radius 1 is 1.42 bits per heavy atom. The van der Waals surface area contributed by atoms with Crippen LogP contribution < -0.4 is 5.32 Å². The number of likely N-dealkylation sites (N-methyl/N-ethyl adjacent to an activating group) is 1. The highest BCUT2D eigenvalue weighted by atomic mass is 16.5. The zero-order valence-electron chi connectivity index (χ0n) is 12.7. The van der Waals surface area contributed by atoms with Crippen molar-refractivity contribution in [3.8, 4) is 0 Å². The van der Waals surface area contributed by atoms with Crippen molar-refractivity contribution in [1.82, 2.24) is 10.2 Å². The minimum Gasteiger partial charge on any atom is -0.389 e. The van der Waals surface area contributed by atoms with Crippen LogP contribution in [0.15, 0.2) is 0 Å². The molecule has 19 heavy (non-hydrogen) atoms. The Morgan fingerprint density at radius 2 is 2.16 bits per heavy atom. The van der Waals surface area contributed by atoms with E-state index in [9.17, 15) is 5.11 Å². The second-order valence-electron chi connectivity index (χ2n) is 7.07. The Bertz CT molecular complexity index is 278. The molecule has 2 aliphatic rings. The van der Waals surface area contributed by atoms with Gasteiger partial charge in [-0.15, -0.1) is 0 Å². The van der Waals surface area contributed by atoms with Crippen LogP contribution in [-0.4, -0.2) is 61.0 Å². The van der Waals surface area contributed by atoms with Gasteiger partial charge in [0.05, 0.1) is 12.2 Å². The Hall–Kier alpha value is -0.160. The van der Waals surface area contributed by atoms with Gasteiger partial charge in [-0.2, -0.15) is 0 Å². The highest BCUT2D eigenvalue weighted by molar-refractivity contribution is 4.92. The van der Waals surface area contributed by atoms with Crippen molar-refractivity contribution in [1.29, 1.82) is 0 Å². The largest absolute Gasteiger partial charge is 0.389 e. The summed E-state index contributed by atoms with van der Waals surface area (Å²) >= 11 is 0. The van der Waals surface area contributed by atoms with E-state index in [0.717, 1.165) is 51.9 Å². The lowest BCUT2D eigenvalue weighted by Crippen LogP contribution is -2.48. The number of ether oxygens (including phenoxy) is 1. The summed E-state index contributed by atoms with van der Waals surface area (Å²) in [6.07, 6.45) is 3.80. The Morgan fingerprint density at radius 3 is 2.63 bits per heavy atom. The maximum absolute atomic E-state index is 10.0. The van der Waals surface area contributed by atoms with Crippen molar-refractivity contribution in [2.45, 2.75) is 51.7 Å². The van der Waals surface area contributed by atoms with E-state index < -0.39 is 5.60 Å². The minimum atomic E-state index is -0.624. The topological polar surface area (TPSA) is 44.7 Å². The number of hydrogen-bond donors (Lipinski definition) is 2. The third kappa shape index (κ3) is 5.03. The quantitative estimate of drug-likeness (QED) is 0.696. The van der Waals surface area contributed by atoms with Gasteiger partial charge < -0.3 is 20.1 Å². The molecular weight excluding hydrogens is 240 g/mol. The molecule has 0 amide bonds. The lowest BCUT2D eigenvalue weighted by Gasteiger charge is -2.36. The predicted octanol–water partition coefficient (Wildman–Crippen LogP) is 1.24. The molecule has 0 bridgehead atoms. The fourth-order valence-corrected chi connectivity index (χ4v) is 2.92. The van der Waals surface area contributed by atoms with Crippen LogP contribution in [0.1, 0.15) is 40.0 Å². The summed E-state index contributed by atoms with van der Waals surface area (Å²) in [5, 5.41) is 13.7. The number of hydrogen-bond acceptors (Lipinski definition) is 4. The fourth-order valence-electron chi connectivity index (χ4n) is 2.92. The van der Waals surface area contributed by atoms with E-state index >= 15 is 0 Å². The smallest absolute Gasteiger partial charge is 0.0718 e. The van der Waals surface area contributed by atoms with Crippen LogP contribution in [0.4, 0.5) is 0 Å². The average molecular weight is 270 g/mol. The molecule has 112 valence electrons. The van der Waals surface area contributed by atoms with Gasteiger partial charge in [0.25, 0.3) is 0 Å². The van der Waals surface area contributed by atoms with Crippen LogP contribution in [0.25, 0.3) is 0 Å². The van der Waals surface area contributed by atoms with Crippen LogP contribution in [0.5, 0.6) is 0 Å². The highest BCUT2D eigenvalue weighted by Gasteiger charge is 2.38. The summed E-state index contributed by atoms with van der Waals surface area (Å²) in [4.78, 5) is 2.36. The van der Waals surface area contributed by atoms with Crippen LogP contribution in [0, 0.1) is 5.41 Å². The third-order valence-corrected chi connectivity index (χ3v) is 4.14. The first-order valence-electron chi connectivity index (χ1n) is 7.68. The standard InChI is InChI=1S/C15H30N2O2/c1-4-17(10-14(2,3)18)11-15(7-8-19-12-15)9-16-13-5-6-13/h13,16,18H,4-12H2,1-3H3. The Balaban J connectivity index is 1.89. The van der Waals surface area contributed by atoms with Gasteiger partial charge in [0.15, 0.2) is 0 Å². The summed E-state index contributed by atoms with van der Waals surface area (Å²) in [6.45, 7) is 11.5. The first-order chi connectivity index (χ1) is 8.92. The van der Waals surface area contributed by atoms with Gasteiger partial charge >= 0.3 is 0 Å². The van der Waals surface area contributed by atoms with E-state index in [2.05, 4.69) is 17.1 Å². The molecule has 1 heterocycles. The maximum Gasteiger partial charge on any atom is 0.0718 e. The molecule has 1 aliphatic heterocycles. The van der Waals surface area contributed by atoms with Gasteiger partial charge in [0.1, 0.15) is 0 Å². The molecule has 2 rings (SSSR count). The molecule has 1 aliphatic carbocycles. The molecule has 1 unspecified atom stereocenters. The number of aliphatic hydroxyl groups is 1. The average Bonchev–Trinajstić information content (AvgIpc) is 3.05. The molecule has 0 aromatic rings. The van der Waals surface area contributed by atoms with Gasteiger partial charge in [-0.1, -0.05) is 6.92 Å². The van der Waals surface area contributed by atoms with E-state index in [0.29, 0.717) is 0 Å². The van der Waals surface area contributed by atoms with Crippen molar-refractivity contribution < 1.29 is 9.84 Å². The second-order valence-corrected chi connectivity index (χ2v) is 7.07. The molecule has 4 heteroatoms. The normalized spacial score (nSPS) is 28.3. The van der Waals surface area contributed by atoms with Gasteiger partial charge in [-0.3, -0.25) is 0 Å². The number of nitrogens with zero attached hydrogens (tertiary/aromatic N) is 1. The van der Waals surface area contributed by atoms with E-state index in [1.807, 2.05) is 13.8 Å². The summed E-state index contributed by atoms with van der Waals surface area (Å²) < 4.78 is 5.66. The van der Waals surface area contributed by atoms with Crippen LogP contribution in [0.3, 0.4) is 0 Å². The molecule has 4 nitrogen and oxygen atoms in total. The van der Waals surface area contributed by atoms with E-state index in [1.165, 1.54) is 12.8 Å². The molecule has 1 atom stereocenters. The zero-order chi connectivity index (χ0) is 13.9. The van der Waals surface area contributed by atoms with Crippen LogP contribution >= 0.6 is 0 Å². The minimum absolute atomic E-state index is 0.240. The number of nitrogens with one attached hydrogen (secondary N) is 1. The van der Waals surface area contributed by atoms with Gasteiger partial charge in [-0.25, -0.2) is 0 Å². The monoisotopic (exact) mass is 270 g/mol. The molecule has 2 fully saturated rings. The van der Waals surface area contributed by atoms with Crippen molar-refractivity contribution in [2.75, 3.05) is 39.4 Å². The first-order valence-corrected chi connectivity index (χ1v) is 7.68. The SMILES string of the molecule is CCN(CC(C)(C)O)CC1(CNC2CC2)CCOC1. The third-order valence-electron chi connectivity index (χ3n) is 4.14. The van der Waals surface area contributed by atoms with Crippen molar-refractivity contribution >= 4 is 0 Å². The molecular formula is C15H30N2O2. The van der Waals surface area contributed by atoms with E-state index in [1.54, 1.807) is 0 Å². The Kier molecular flexibility index (Phi) is 4.88. The lowest BCUT2D eigenvalue weighted by molar-refractivity contribution is 0.0190. The molecule has 1 saturated heterocycles. The molecule has 0 radical (unpaired) electrons. The lowest BCUT2D eigenvalue weighted by atomic mass is 9.86.